The van der Waals surface area contributed by atoms with E-state index in [0.717, 1.165) is 212 Å². The van der Waals surface area contributed by atoms with Gasteiger partial charge in [-0.3, -0.25) is 37.3 Å². The van der Waals surface area contributed by atoms with Crippen molar-refractivity contribution in [3.05, 3.63) is 134 Å². The van der Waals surface area contributed by atoms with Gasteiger partial charge < -0.3 is 33.8 Å². The smallest absolute Gasteiger partial charge is 0.462 e. The highest BCUT2D eigenvalue weighted by atomic mass is 31.2. The summed E-state index contributed by atoms with van der Waals surface area (Å²) in [6, 6.07) is 0. The topological polar surface area (TPSA) is 237 Å². The van der Waals surface area contributed by atoms with Gasteiger partial charge in [0, 0.05) is 25.7 Å². The first-order valence-electron chi connectivity index (χ1n) is 39.4. The van der Waals surface area contributed by atoms with Gasteiger partial charge >= 0.3 is 39.5 Å². The molecule has 0 aliphatic rings. The first-order valence-corrected chi connectivity index (χ1v) is 42.4. The fraction of sp³-hybridized carbons (Fsp3) is 0.687. The summed E-state index contributed by atoms with van der Waals surface area (Å²) in [5.74, 6) is -2.24. The zero-order valence-corrected chi connectivity index (χ0v) is 65.5. The molecule has 0 aromatic heterocycles. The number of esters is 4. The van der Waals surface area contributed by atoms with E-state index >= 15 is 0 Å². The van der Waals surface area contributed by atoms with Crippen LogP contribution in [-0.2, 0) is 65.4 Å². The van der Waals surface area contributed by atoms with Crippen LogP contribution in [0.1, 0.15) is 310 Å². The standard InChI is InChI=1S/C83H140O17P2/c1-5-9-13-17-21-25-29-33-36-38-41-45-48-52-56-60-64-68-81(86)94-74-79(100-83(88)70-66-62-58-54-50-46-42-39-37-34-30-26-22-18-14-10-6-2)76-98-102(91,92)96-72-77(84)71-95-101(89,90)97-75-78(99-82(87)69-65-61-57-53-49-43-32-28-24-20-16-12-8-4)73-93-80(85)67-63-59-55-51-47-44-40-35-31-27-23-19-15-11-7-3/h9-10,13-14,16,20-23,25-28,32-37,40-41,45,77-79,84H,5-8,11-12,15,17-19,24,29-31,38-39,42-44,46-76H2,1-4H3,(H,89,90)(H,91,92)/b13-9-,14-10-,20-16-,25-21-,26-22-,27-23-,32-28-,36-33-,37-34-,40-35-,45-41-. The quantitative estimate of drug-likeness (QED) is 0.0169. The van der Waals surface area contributed by atoms with E-state index in [1.54, 1.807) is 0 Å². The van der Waals surface area contributed by atoms with E-state index in [0.29, 0.717) is 25.7 Å². The van der Waals surface area contributed by atoms with Crippen LogP contribution in [0.3, 0.4) is 0 Å². The Hall–Kier alpha value is -4.80. The SMILES string of the molecule is CC/C=C\C/C=C\C/C=C\C/C=C\CCCCCCC(=O)OCC(COP(=O)(O)OCC(O)COP(=O)(O)OCC(COC(=O)CCCCCCC/C=C\C/C=C\CCCCC)OC(=O)CCCCCCC/C=C\C/C=C\CCC)OC(=O)CCCCCCCCC/C=C\C/C=C\C/C=C\CC. The van der Waals surface area contributed by atoms with Crippen molar-refractivity contribution in [2.45, 2.75) is 329 Å². The lowest BCUT2D eigenvalue weighted by molar-refractivity contribution is -0.161. The first kappa shape index (κ1) is 97.2. The van der Waals surface area contributed by atoms with E-state index in [1.165, 1.54) is 19.3 Å². The predicted octanol–water partition coefficient (Wildman–Crippen LogP) is 22.9. The van der Waals surface area contributed by atoms with Crippen molar-refractivity contribution >= 4 is 39.5 Å². The average Bonchev–Trinajstić information content (AvgIpc) is 0.959. The molecule has 0 bridgehead atoms. The molecule has 0 amide bonds. The first-order chi connectivity index (χ1) is 49.7. The number of ether oxygens (including phenoxy) is 4. The maximum absolute atomic E-state index is 13.1. The van der Waals surface area contributed by atoms with E-state index in [1.807, 2.05) is 0 Å². The molecule has 0 fully saturated rings. The highest BCUT2D eigenvalue weighted by Gasteiger charge is 2.30. The number of phosphoric acid groups is 2. The van der Waals surface area contributed by atoms with Crippen LogP contribution in [0.2, 0.25) is 0 Å². The van der Waals surface area contributed by atoms with Crippen molar-refractivity contribution < 1.29 is 80.2 Å². The van der Waals surface area contributed by atoms with Crippen molar-refractivity contribution in [3.8, 4) is 0 Å². The largest absolute Gasteiger partial charge is 0.472 e. The molecule has 0 saturated heterocycles. The van der Waals surface area contributed by atoms with Gasteiger partial charge in [0.05, 0.1) is 26.4 Å². The lowest BCUT2D eigenvalue weighted by Gasteiger charge is -2.21. The van der Waals surface area contributed by atoms with Gasteiger partial charge in [0.25, 0.3) is 0 Å². The third-order valence-corrected chi connectivity index (χ3v) is 18.0. The number of carbonyl (C=O) groups excluding carboxylic acids is 4. The molecule has 19 heteroatoms. The van der Waals surface area contributed by atoms with Crippen molar-refractivity contribution in [1.29, 1.82) is 0 Å². The van der Waals surface area contributed by atoms with Gasteiger partial charge in [0.1, 0.15) is 19.3 Å². The fourth-order valence-corrected chi connectivity index (χ4v) is 11.7. The lowest BCUT2D eigenvalue weighted by Crippen LogP contribution is -2.30. The monoisotopic (exact) mass is 1470 g/mol. The van der Waals surface area contributed by atoms with Crippen LogP contribution in [0.25, 0.3) is 0 Å². The molecule has 0 aliphatic heterocycles. The molecule has 3 N–H and O–H groups in total. The molecule has 102 heavy (non-hydrogen) atoms. The minimum absolute atomic E-state index is 0.0728. The molecule has 17 nitrogen and oxygen atoms in total. The lowest BCUT2D eigenvalue weighted by atomic mass is 10.1. The molecule has 0 aromatic rings. The number of aliphatic hydroxyl groups is 1. The van der Waals surface area contributed by atoms with Gasteiger partial charge in [0.2, 0.25) is 0 Å². The number of aliphatic hydroxyl groups excluding tert-OH is 1. The Balaban J connectivity index is 5.41. The number of rotatable bonds is 73. The number of allylic oxidation sites excluding steroid dienone is 22. The van der Waals surface area contributed by atoms with Crippen LogP contribution in [0.5, 0.6) is 0 Å². The molecule has 0 radical (unpaired) electrons. The number of unbranched alkanes of at least 4 members (excludes halogenated alkanes) is 25. The maximum Gasteiger partial charge on any atom is 0.472 e. The highest BCUT2D eigenvalue weighted by Crippen LogP contribution is 2.45. The number of hydrogen-bond acceptors (Lipinski definition) is 15. The molecule has 0 rings (SSSR count). The van der Waals surface area contributed by atoms with E-state index in [-0.39, 0.29) is 25.7 Å². The molecular weight excluding hydrogens is 1330 g/mol. The summed E-state index contributed by atoms with van der Waals surface area (Å²) in [5.41, 5.74) is 0. The molecular formula is C83H140O17P2. The molecule has 0 aromatic carbocycles. The molecule has 0 spiro atoms. The maximum atomic E-state index is 13.1. The van der Waals surface area contributed by atoms with Crippen molar-refractivity contribution in [2.24, 2.45) is 0 Å². The van der Waals surface area contributed by atoms with Gasteiger partial charge in [-0.05, 0) is 154 Å². The minimum atomic E-state index is -4.99. The van der Waals surface area contributed by atoms with Gasteiger partial charge in [-0.1, -0.05) is 264 Å². The van der Waals surface area contributed by atoms with Crippen LogP contribution in [-0.4, -0.2) is 96.7 Å². The Bertz CT molecular complexity index is 2460. The third-order valence-electron chi connectivity index (χ3n) is 16.1. The van der Waals surface area contributed by atoms with E-state index in [9.17, 15) is 43.2 Å². The molecule has 5 unspecified atom stereocenters. The molecule has 0 saturated carbocycles. The molecule has 584 valence electrons. The zero-order chi connectivity index (χ0) is 74.6. The van der Waals surface area contributed by atoms with Gasteiger partial charge in [-0.25, -0.2) is 9.13 Å². The van der Waals surface area contributed by atoms with Crippen LogP contribution in [0.4, 0.5) is 0 Å². The van der Waals surface area contributed by atoms with Gasteiger partial charge in [-0.2, -0.15) is 0 Å². The second kappa shape index (κ2) is 74.5. The molecule has 0 aliphatic carbocycles. The second-order valence-electron chi connectivity index (χ2n) is 25.9. The fourth-order valence-electron chi connectivity index (χ4n) is 10.1. The normalized spacial score (nSPS) is 14.6. The van der Waals surface area contributed by atoms with E-state index in [2.05, 4.69) is 161 Å². The van der Waals surface area contributed by atoms with Crippen LogP contribution >= 0.6 is 15.6 Å². The van der Waals surface area contributed by atoms with Crippen molar-refractivity contribution in [3.63, 3.8) is 0 Å². The summed E-state index contributed by atoms with van der Waals surface area (Å²) in [7, 11) is -9.98. The summed E-state index contributed by atoms with van der Waals surface area (Å²) >= 11 is 0. The Morgan fingerprint density at radius 1 is 0.284 bits per heavy atom. The Labute approximate surface area is 618 Å². The zero-order valence-electron chi connectivity index (χ0n) is 63.7. The van der Waals surface area contributed by atoms with Crippen LogP contribution in [0.15, 0.2) is 134 Å². The summed E-state index contributed by atoms with van der Waals surface area (Å²) in [5, 5.41) is 10.6. The summed E-state index contributed by atoms with van der Waals surface area (Å²) in [6.45, 7) is 4.50. The number of phosphoric ester groups is 2. The Kier molecular flexibility index (Phi) is 71.0. The van der Waals surface area contributed by atoms with E-state index < -0.39 is 97.5 Å². The number of carbonyl (C=O) groups is 4. The van der Waals surface area contributed by atoms with Gasteiger partial charge in [0.15, 0.2) is 12.2 Å². The Morgan fingerprint density at radius 2 is 0.529 bits per heavy atom. The summed E-state index contributed by atoms with van der Waals surface area (Å²) in [6.07, 6.45) is 82.8. The second-order valence-corrected chi connectivity index (χ2v) is 28.8. The molecule has 5 atom stereocenters. The van der Waals surface area contributed by atoms with Crippen molar-refractivity contribution in [2.75, 3.05) is 39.6 Å². The average molecular weight is 1470 g/mol. The number of hydrogen-bond donors (Lipinski definition) is 3. The van der Waals surface area contributed by atoms with Gasteiger partial charge in [-0.15, -0.1) is 0 Å². The van der Waals surface area contributed by atoms with E-state index in [4.69, 9.17) is 37.0 Å². The predicted molar refractivity (Wildman–Crippen MR) is 418 cm³/mol. The highest BCUT2D eigenvalue weighted by molar-refractivity contribution is 7.47. The van der Waals surface area contributed by atoms with Crippen LogP contribution in [0, 0.1) is 0 Å². The third kappa shape index (κ3) is 73.5. The van der Waals surface area contributed by atoms with Crippen molar-refractivity contribution in [1.82, 2.24) is 0 Å². The minimum Gasteiger partial charge on any atom is -0.462 e. The summed E-state index contributed by atoms with van der Waals surface area (Å²) < 4.78 is 68.5. The molecule has 0 heterocycles. The van der Waals surface area contributed by atoms with Crippen LogP contribution < -0.4 is 0 Å². The summed E-state index contributed by atoms with van der Waals surface area (Å²) in [4.78, 5) is 73.0. The Morgan fingerprint density at radius 3 is 0.824 bits per heavy atom.